The molecule has 1 heterocycles. The highest BCUT2D eigenvalue weighted by molar-refractivity contribution is 7.88. The Morgan fingerprint density at radius 1 is 1.03 bits per heavy atom. The molecular weight excluding hydrogens is 496 g/mol. The molecule has 0 aliphatic carbocycles. The molecule has 1 unspecified atom stereocenters. The summed E-state index contributed by atoms with van der Waals surface area (Å²) in [6.45, 7) is 6.52. The van der Waals surface area contributed by atoms with Gasteiger partial charge in [-0.1, -0.05) is 87.0 Å². The summed E-state index contributed by atoms with van der Waals surface area (Å²) < 4.78 is 25.2. The molecule has 3 aromatic rings. The molecule has 3 aromatic carbocycles. The largest absolute Gasteiger partial charge is 0.373 e. The Hall–Kier alpha value is -2.97. The van der Waals surface area contributed by atoms with Crippen LogP contribution in [0.15, 0.2) is 72.8 Å². The van der Waals surface area contributed by atoms with E-state index in [1.54, 1.807) is 23.1 Å². The molecule has 2 N–H and O–H groups in total. The molecule has 0 spiro atoms. The van der Waals surface area contributed by atoms with Crippen LogP contribution in [0.25, 0.3) is 11.1 Å². The minimum atomic E-state index is -3.59. The van der Waals surface area contributed by atoms with Gasteiger partial charge in [0.25, 0.3) is 5.91 Å². The number of aliphatic hydroxyl groups is 1. The van der Waals surface area contributed by atoms with Crippen molar-refractivity contribution in [1.29, 1.82) is 0 Å². The summed E-state index contributed by atoms with van der Waals surface area (Å²) in [4.78, 5) is 15.7. The van der Waals surface area contributed by atoms with Gasteiger partial charge in [0.1, 0.15) is 6.23 Å². The fourth-order valence-electron chi connectivity index (χ4n) is 4.56. The average molecular weight is 525 g/mol. The van der Waals surface area contributed by atoms with Gasteiger partial charge in [-0.15, -0.1) is 0 Å². The Morgan fingerprint density at radius 3 is 2.33 bits per heavy atom. The minimum Gasteiger partial charge on any atom is -0.373 e. The van der Waals surface area contributed by atoms with Crippen LogP contribution in [0, 0.1) is 5.41 Å². The summed E-state index contributed by atoms with van der Waals surface area (Å²) in [5, 5.41) is 10.9. The smallest absolute Gasteiger partial charge is 0.259 e. The van der Waals surface area contributed by atoms with Crippen molar-refractivity contribution in [1.82, 2.24) is 4.72 Å². The molecule has 0 bridgehead atoms. The summed E-state index contributed by atoms with van der Waals surface area (Å²) in [6.07, 6.45) is -0.393. The monoisotopic (exact) mass is 524 g/mol. The maximum Gasteiger partial charge on any atom is 0.259 e. The van der Waals surface area contributed by atoms with E-state index in [0.29, 0.717) is 16.2 Å². The summed E-state index contributed by atoms with van der Waals surface area (Å²) in [7, 11) is -3.59. The number of nitrogens with zero attached hydrogens (tertiary/aromatic N) is 1. The molecule has 0 aromatic heterocycles. The highest BCUT2D eigenvalue weighted by Gasteiger charge is 2.37. The lowest BCUT2D eigenvalue weighted by Crippen LogP contribution is -2.28. The zero-order valence-corrected chi connectivity index (χ0v) is 22.2. The quantitative estimate of drug-likeness (QED) is 0.334. The van der Waals surface area contributed by atoms with Crippen molar-refractivity contribution in [2.24, 2.45) is 5.41 Å². The van der Waals surface area contributed by atoms with Gasteiger partial charge in [0, 0.05) is 10.6 Å². The SMILES string of the molecule is CC(C)(C)C(=C1C(=O)N(Cc2cccc(C(O)NS(C)(=O)=O)c2)c2ccccc21)c1ccc(Cl)cc1. The summed E-state index contributed by atoms with van der Waals surface area (Å²) in [6, 6.07) is 22.1. The predicted molar refractivity (Wildman–Crippen MR) is 145 cm³/mol. The summed E-state index contributed by atoms with van der Waals surface area (Å²) in [5.74, 6) is -0.115. The average Bonchev–Trinajstić information content (AvgIpc) is 3.05. The molecule has 0 saturated carbocycles. The fourth-order valence-corrected chi connectivity index (χ4v) is 5.23. The Morgan fingerprint density at radius 2 is 1.69 bits per heavy atom. The van der Waals surface area contributed by atoms with Gasteiger partial charge >= 0.3 is 0 Å². The number of carbonyl (C=O) groups is 1. The minimum absolute atomic E-state index is 0.115. The molecule has 1 amide bonds. The number of amides is 1. The van der Waals surface area contributed by atoms with Gasteiger partial charge in [0.15, 0.2) is 0 Å². The lowest BCUT2D eigenvalue weighted by Gasteiger charge is -2.26. The maximum absolute atomic E-state index is 14.0. The molecule has 0 saturated heterocycles. The first kappa shape index (κ1) is 26.1. The van der Waals surface area contributed by atoms with Crippen molar-refractivity contribution in [2.75, 3.05) is 11.2 Å². The lowest BCUT2D eigenvalue weighted by atomic mass is 9.78. The number of nitrogens with one attached hydrogen (secondary N) is 1. The van der Waals surface area contributed by atoms with Crippen molar-refractivity contribution in [3.05, 3.63) is 100 Å². The highest BCUT2D eigenvalue weighted by Crippen LogP contribution is 2.47. The normalized spacial score (nSPS) is 16.2. The predicted octanol–water partition coefficient (Wildman–Crippen LogP) is 5.38. The maximum atomic E-state index is 14.0. The number of allylic oxidation sites excluding steroid dienone is 1. The number of hydrogen-bond donors (Lipinski definition) is 2. The topological polar surface area (TPSA) is 86.7 Å². The first-order chi connectivity index (χ1) is 16.8. The van der Waals surface area contributed by atoms with Crippen molar-refractivity contribution in [2.45, 2.75) is 33.5 Å². The van der Waals surface area contributed by atoms with E-state index in [9.17, 15) is 18.3 Å². The Kier molecular flexibility index (Phi) is 7.12. The number of sulfonamides is 1. The number of fused-ring (bicyclic) bond motifs is 1. The molecule has 188 valence electrons. The van der Waals surface area contributed by atoms with E-state index in [0.717, 1.165) is 34.2 Å². The number of anilines is 1. The number of carbonyl (C=O) groups excluding carboxylic acids is 1. The van der Waals surface area contributed by atoms with Gasteiger partial charge in [0.05, 0.1) is 24.1 Å². The van der Waals surface area contributed by atoms with E-state index < -0.39 is 16.3 Å². The summed E-state index contributed by atoms with van der Waals surface area (Å²) >= 11 is 6.14. The van der Waals surface area contributed by atoms with Crippen molar-refractivity contribution in [3.8, 4) is 0 Å². The third kappa shape index (κ3) is 5.55. The van der Waals surface area contributed by atoms with Gasteiger partial charge in [0.2, 0.25) is 10.0 Å². The van der Waals surface area contributed by atoms with Crippen molar-refractivity contribution < 1.29 is 18.3 Å². The third-order valence-corrected chi connectivity index (χ3v) is 6.89. The van der Waals surface area contributed by atoms with Crippen molar-refractivity contribution >= 4 is 44.4 Å². The standard InChI is InChI=1S/C28H29ClN2O4S/c1-28(2,3)25(19-12-14-21(29)15-13-19)24-22-10-5-6-11-23(22)31(27(24)33)17-18-8-7-9-20(16-18)26(32)30-36(4,34)35/h5-16,26,30,32H,17H2,1-4H3. The second kappa shape index (κ2) is 9.82. The van der Waals surface area contributed by atoms with E-state index in [4.69, 9.17) is 11.6 Å². The Bertz CT molecular complexity index is 1440. The lowest BCUT2D eigenvalue weighted by molar-refractivity contribution is -0.113. The van der Waals surface area contributed by atoms with Crippen LogP contribution in [0.1, 0.15) is 49.3 Å². The van der Waals surface area contributed by atoms with Crippen LogP contribution < -0.4 is 9.62 Å². The van der Waals surface area contributed by atoms with Crippen LogP contribution in [0.5, 0.6) is 0 Å². The molecule has 8 heteroatoms. The zero-order valence-electron chi connectivity index (χ0n) is 20.6. The van der Waals surface area contributed by atoms with Gasteiger partial charge in [-0.25, -0.2) is 8.42 Å². The first-order valence-corrected chi connectivity index (χ1v) is 13.8. The molecule has 1 aliphatic heterocycles. The number of hydrogen-bond acceptors (Lipinski definition) is 4. The zero-order chi connectivity index (χ0) is 26.3. The van der Waals surface area contributed by atoms with Gasteiger partial charge in [-0.2, -0.15) is 4.72 Å². The van der Waals surface area contributed by atoms with Crippen LogP contribution in [0.3, 0.4) is 0 Å². The number of benzene rings is 3. The number of para-hydroxylation sites is 1. The first-order valence-electron chi connectivity index (χ1n) is 11.5. The molecule has 36 heavy (non-hydrogen) atoms. The molecule has 6 nitrogen and oxygen atoms in total. The number of halogens is 1. The van der Waals surface area contributed by atoms with Crippen molar-refractivity contribution in [3.63, 3.8) is 0 Å². The Labute approximate surface area is 217 Å². The van der Waals surface area contributed by atoms with E-state index in [-0.39, 0.29) is 17.9 Å². The fraction of sp³-hybridized carbons (Fsp3) is 0.250. The van der Waals surface area contributed by atoms with E-state index in [1.807, 2.05) is 54.6 Å². The second-order valence-electron chi connectivity index (χ2n) is 9.95. The van der Waals surface area contributed by atoms with Gasteiger partial charge in [-0.3, -0.25) is 4.79 Å². The van der Waals surface area contributed by atoms with Gasteiger partial charge < -0.3 is 10.0 Å². The van der Waals surface area contributed by atoms with E-state index >= 15 is 0 Å². The van der Waals surface area contributed by atoms with Crippen LogP contribution in [0.2, 0.25) is 5.02 Å². The third-order valence-electron chi connectivity index (χ3n) is 5.99. The van der Waals surface area contributed by atoms with Gasteiger partial charge in [-0.05, 0) is 45.9 Å². The molecular formula is C28H29ClN2O4S. The Balaban J connectivity index is 1.78. The molecule has 0 radical (unpaired) electrons. The van der Waals surface area contributed by atoms with Crippen LogP contribution in [-0.2, 0) is 21.4 Å². The van der Waals surface area contributed by atoms with Crippen LogP contribution in [-0.4, -0.2) is 25.7 Å². The van der Waals surface area contributed by atoms with E-state index in [1.165, 1.54) is 0 Å². The van der Waals surface area contributed by atoms with Crippen LogP contribution in [0.4, 0.5) is 5.69 Å². The summed E-state index contributed by atoms with van der Waals surface area (Å²) in [5.41, 5.74) is 4.99. The number of aliphatic hydroxyl groups excluding tert-OH is 1. The molecule has 4 rings (SSSR count). The van der Waals surface area contributed by atoms with E-state index in [2.05, 4.69) is 25.5 Å². The second-order valence-corrected chi connectivity index (χ2v) is 12.2. The molecule has 1 atom stereocenters. The van der Waals surface area contributed by atoms with Crippen LogP contribution >= 0.6 is 11.6 Å². The molecule has 0 fully saturated rings. The number of rotatable bonds is 6. The molecule has 1 aliphatic rings. The highest BCUT2D eigenvalue weighted by atomic mass is 35.5.